The van der Waals surface area contributed by atoms with Crippen molar-refractivity contribution in [3.63, 3.8) is 0 Å². The van der Waals surface area contributed by atoms with E-state index in [0.717, 1.165) is 5.56 Å². The van der Waals surface area contributed by atoms with Gasteiger partial charge in [-0.25, -0.2) is 0 Å². The van der Waals surface area contributed by atoms with Crippen LogP contribution in [0.25, 0.3) is 5.70 Å². The minimum absolute atomic E-state index is 0.171. The van der Waals surface area contributed by atoms with Gasteiger partial charge in [0.1, 0.15) is 6.04 Å². The fourth-order valence-corrected chi connectivity index (χ4v) is 1.99. The van der Waals surface area contributed by atoms with Crippen molar-refractivity contribution < 1.29 is 14.3 Å². The van der Waals surface area contributed by atoms with Crippen LogP contribution in [-0.4, -0.2) is 36.5 Å². The third kappa shape index (κ3) is 2.82. The van der Waals surface area contributed by atoms with E-state index < -0.39 is 6.04 Å². The highest BCUT2D eigenvalue weighted by atomic mass is 16.5. The summed E-state index contributed by atoms with van der Waals surface area (Å²) >= 11 is 0. The number of amides is 2. The Labute approximate surface area is 111 Å². The Morgan fingerprint density at radius 1 is 1.37 bits per heavy atom. The lowest BCUT2D eigenvalue weighted by molar-refractivity contribution is -0.138. The van der Waals surface area contributed by atoms with Crippen molar-refractivity contribution in [3.8, 4) is 0 Å². The van der Waals surface area contributed by atoms with Crippen LogP contribution in [0, 0.1) is 0 Å². The Hall–Kier alpha value is -2.14. The van der Waals surface area contributed by atoms with E-state index in [1.807, 2.05) is 30.3 Å². The summed E-state index contributed by atoms with van der Waals surface area (Å²) < 4.78 is 4.99. The van der Waals surface area contributed by atoms with Gasteiger partial charge in [-0.15, -0.1) is 0 Å². The molecular weight excluding hydrogens is 244 g/mol. The van der Waals surface area contributed by atoms with Crippen molar-refractivity contribution in [2.45, 2.75) is 13.0 Å². The van der Waals surface area contributed by atoms with Gasteiger partial charge in [0, 0.05) is 20.2 Å². The molecule has 0 spiro atoms. The number of nitrogens with one attached hydrogen (secondary N) is 1. The second kappa shape index (κ2) is 5.67. The highest BCUT2D eigenvalue weighted by molar-refractivity contribution is 5.96. The molecule has 100 valence electrons. The lowest BCUT2D eigenvalue weighted by Crippen LogP contribution is -2.52. The van der Waals surface area contributed by atoms with Gasteiger partial charge in [0.05, 0.1) is 12.3 Å². The van der Waals surface area contributed by atoms with E-state index >= 15 is 0 Å². The summed E-state index contributed by atoms with van der Waals surface area (Å²) in [7, 11) is 1.50. The molecule has 1 N–H and O–H groups in total. The average Bonchev–Trinajstić information content (AvgIpc) is 2.41. The lowest BCUT2D eigenvalue weighted by Gasteiger charge is -2.32. The predicted octanol–water partition coefficient (Wildman–Crippen LogP) is 0.978. The minimum Gasteiger partial charge on any atom is -0.382 e. The molecule has 19 heavy (non-hydrogen) atoms. The summed E-state index contributed by atoms with van der Waals surface area (Å²) in [5, 5.41) is 2.80. The van der Waals surface area contributed by atoms with Crippen molar-refractivity contribution in [1.82, 2.24) is 10.2 Å². The van der Waals surface area contributed by atoms with E-state index in [4.69, 9.17) is 4.74 Å². The number of carbonyl (C=O) groups excluding carboxylic acids is 2. The maximum atomic E-state index is 12.1. The number of hydrogen-bond acceptors (Lipinski definition) is 3. The van der Waals surface area contributed by atoms with E-state index in [9.17, 15) is 9.59 Å². The van der Waals surface area contributed by atoms with Crippen molar-refractivity contribution in [2.75, 3.05) is 13.7 Å². The van der Waals surface area contributed by atoms with Crippen LogP contribution in [0.15, 0.2) is 36.5 Å². The monoisotopic (exact) mass is 260 g/mol. The summed E-state index contributed by atoms with van der Waals surface area (Å²) in [6.45, 7) is 1.60. The molecule has 0 unspecified atom stereocenters. The van der Waals surface area contributed by atoms with E-state index in [2.05, 4.69) is 5.32 Å². The standard InChI is InChI=1S/C14H16N2O3/c1-10(17)16-8-12(11-6-4-3-5-7-11)15-14(18)13(16)9-19-2/h3-8,13H,9H2,1-2H3,(H,15,18)/t13-/m0/s1. The highest BCUT2D eigenvalue weighted by Crippen LogP contribution is 2.19. The quantitative estimate of drug-likeness (QED) is 0.881. The van der Waals surface area contributed by atoms with E-state index in [1.165, 1.54) is 18.9 Å². The predicted molar refractivity (Wildman–Crippen MR) is 70.7 cm³/mol. The van der Waals surface area contributed by atoms with Crippen molar-refractivity contribution in [3.05, 3.63) is 42.1 Å². The first kappa shape index (κ1) is 13.3. The number of nitrogens with zero attached hydrogens (tertiary/aromatic N) is 1. The van der Waals surface area contributed by atoms with Gasteiger partial charge in [0.25, 0.3) is 0 Å². The van der Waals surface area contributed by atoms with Crippen molar-refractivity contribution >= 4 is 17.5 Å². The molecule has 0 radical (unpaired) electrons. The van der Waals surface area contributed by atoms with Gasteiger partial charge in [-0.1, -0.05) is 30.3 Å². The third-order valence-electron chi connectivity index (χ3n) is 2.94. The molecule has 0 bridgehead atoms. The zero-order chi connectivity index (χ0) is 13.8. The Balaban J connectivity index is 2.35. The molecule has 5 heteroatoms. The van der Waals surface area contributed by atoms with Crippen LogP contribution in [-0.2, 0) is 14.3 Å². The first-order valence-corrected chi connectivity index (χ1v) is 5.99. The molecule has 0 aromatic heterocycles. The molecule has 2 rings (SSSR count). The van der Waals surface area contributed by atoms with E-state index in [-0.39, 0.29) is 18.4 Å². The topological polar surface area (TPSA) is 58.6 Å². The van der Waals surface area contributed by atoms with Gasteiger partial charge in [-0.05, 0) is 5.56 Å². The molecule has 0 saturated heterocycles. The molecule has 1 heterocycles. The van der Waals surface area contributed by atoms with Gasteiger partial charge in [0.2, 0.25) is 11.8 Å². The van der Waals surface area contributed by atoms with Gasteiger partial charge < -0.3 is 15.0 Å². The Morgan fingerprint density at radius 3 is 2.63 bits per heavy atom. The Bertz CT molecular complexity index is 511. The second-order valence-corrected chi connectivity index (χ2v) is 4.30. The van der Waals surface area contributed by atoms with E-state index in [1.54, 1.807) is 6.20 Å². The molecule has 0 saturated carbocycles. The van der Waals surface area contributed by atoms with E-state index in [0.29, 0.717) is 5.70 Å². The normalized spacial score (nSPS) is 18.8. The summed E-state index contributed by atoms with van der Waals surface area (Å²) in [4.78, 5) is 25.1. The van der Waals surface area contributed by atoms with Crippen LogP contribution in [0.2, 0.25) is 0 Å². The molecule has 2 amide bonds. The molecule has 1 aliphatic rings. The van der Waals surface area contributed by atoms with Gasteiger partial charge in [-0.3, -0.25) is 9.59 Å². The molecule has 1 aromatic rings. The third-order valence-corrected chi connectivity index (χ3v) is 2.94. The van der Waals surface area contributed by atoms with Crippen molar-refractivity contribution in [2.24, 2.45) is 0 Å². The largest absolute Gasteiger partial charge is 0.382 e. The summed E-state index contributed by atoms with van der Waals surface area (Å²) in [6.07, 6.45) is 1.66. The summed E-state index contributed by atoms with van der Waals surface area (Å²) in [5.74, 6) is -0.427. The Kier molecular flexibility index (Phi) is 3.97. The number of carbonyl (C=O) groups is 2. The minimum atomic E-state index is -0.616. The van der Waals surface area contributed by atoms with Crippen molar-refractivity contribution in [1.29, 1.82) is 0 Å². The first-order valence-electron chi connectivity index (χ1n) is 5.99. The van der Waals surface area contributed by atoms with Gasteiger partial charge >= 0.3 is 0 Å². The smallest absolute Gasteiger partial charge is 0.249 e. The van der Waals surface area contributed by atoms with Crippen LogP contribution >= 0.6 is 0 Å². The zero-order valence-electron chi connectivity index (χ0n) is 10.9. The number of hydrogen-bond donors (Lipinski definition) is 1. The number of benzene rings is 1. The molecular formula is C14H16N2O3. The summed E-state index contributed by atoms with van der Waals surface area (Å²) in [6, 6.07) is 8.78. The van der Waals surface area contributed by atoms with Gasteiger partial charge in [-0.2, -0.15) is 0 Å². The molecule has 0 aliphatic carbocycles. The van der Waals surface area contributed by atoms with Crippen LogP contribution in [0.4, 0.5) is 0 Å². The average molecular weight is 260 g/mol. The van der Waals surface area contributed by atoms with Crippen LogP contribution in [0.3, 0.4) is 0 Å². The molecule has 1 aromatic carbocycles. The second-order valence-electron chi connectivity index (χ2n) is 4.30. The molecule has 1 aliphatic heterocycles. The number of rotatable bonds is 3. The number of ether oxygens (including phenoxy) is 1. The maximum Gasteiger partial charge on any atom is 0.249 e. The Morgan fingerprint density at radius 2 is 2.05 bits per heavy atom. The van der Waals surface area contributed by atoms with Gasteiger partial charge in [0.15, 0.2) is 0 Å². The first-order chi connectivity index (χ1) is 9.13. The van der Waals surface area contributed by atoms with Crippen LogP contribution < -0.4 is 5.32 Å². The number of methoxy groups -OCH3 is 1. The fraction of sp³-hybridized carbons (Fsp3) is 0.286. The van der Waals surface area contributed by atoms with Crippen LogP contribution in [0.1, 0.15) is 12.5 Å². The highest BCUT2D eigenvalue weighted by Gasteiger charge is 2.31. The fourth-order valence-electron chi connectivity index (χ4n) is 1.99. The summed E-state index contributed by atoms with van der Waals surface area (Å²) in [5.41, 5.74) is 1.48. The van der Waals surface area contributed by atoms with Crippen LogP contribution in [0.5, 0.6) is 0 Å². The zero-order valence-corrected chi connectivity index (χ0v) is 10.9. The molecule has 0 fully saturated rings. The lowest BCUT2D eigenvalue weighted by atomic mass is 10.1. The molecule has 1 atom stereocenters. The SMILES string of the molecule is COC[C@H]1C(=O)NC(c2ccccc2)=CN1C(C)=O. The maximum absolute atomic E-state index is 12.1. The molecule has 5 nitrogen and oxygen atoms in total.